The number of hydrogen-bond donors (Lipinski definition) is 3. The topological polar surface area (TPSA) is 293 Å². The number of aromatic nitrogens is 3. The number of carbonyl (C=O) groups excluding carboxylic acids is 3. The van der Waals surface area contributed by atoms with Crippen molar-refractivity contribution in [2.45, 2.75) is 263 Å². The van der Waals surface area contributed by atoms with Crippen LogP contribution >= 0.6 is 0 Å². The molecule has 3 aliphatic heterocycles. The van der Waals surface area contributed by atoms with Gasteiger partial charge in [-0.15, -0.1) is 0 Å². The third-order valence-electron chi connectivity index (χ3n) is 20.3. The number of carbonyl (C=O) groups is 3. The number of amides is 3. The normalized spacial score (nSPS) is 20.1. The lowest BCUT2D eigenvalue weighted by atomic mass is 9.88. The number of para-hydroxylation sites is 3. The van der Waals surface area contributed by atoms with E-state index in [1.807, 2.05) is 121 Å². The Morgan fingerprint density at radius 2 is 0.814 bits per heavy atom. The quantitative estimate of drug-likeness (QED) is 0.0351. The number of nitro groups is 3. The number of nitrogens with one attached hydrogen (secondary N) is 3. The number of fused-ring (bicyclic) bond motifs is 3. The van der Waals surface area contributed by atoms with Gasteiger partial charge in [-0.05, 0) is 177 Å². The van der Waals surface area contributed by atoms with Crippen LogP contribution in [0.5, 0.6) is 0 Å². The minimum Gasteiger partial charge on any atom is -0.444 e. The second-order valence-electron chi connectivity index (χ2n) is 34.6. The molecule has 3 saturated heterocycles. The first-order valence-electron chi connectivity index (χ1n) is 35.5. The molecule has 3 amide bonds. The summed E-state index contributed by atoms with van der Waals surface area (Å²) in [6, 6.07) is 24.3. The first-order valence-corrected chi connectivity index (χ1v) is 44.3. The number of H-pyrrole nitrogens is 3. The van der Waals surface area contributed by atoms with E-state index in [1.165, 1.54) is 21.9 Å². The highest BCUT2D eigenvalue weighted by atomic mass is 28.4. The summed E-state index contributed by atoms with van der Waals surface area (Å²) in [5, 5.41) is 37.6. The van der Waals surface area contributed by atoms with Gasteiger partial charge >= 0.3 is 18.3 Å². The van der Waals surface area contributed by atoms with Crippen molar-refractivity contribution in [3.8, 4) is 0 Å². The summed E-state index contributed by atoms with van der Waals surface area (Å²) >= 11 is 0. The maximum absolute atomic E-state index is 13.3. The SMILES string of the molecule is CC(C)(C)OC(=O)N1CC[C@H](O[Si](C)(C)C(C)(C)C)[C@H]1/C=C/[N+](=O)[O-].CC(C)(C)OC(=O)N1CC[C@H](O[Si](C)(C)C(C)(C)C)[C@H]1[C@@H](C[N+](=O)[O-])c1c[nH]c2ccccc12.CC(C)(C)OC(=O)N1CC[C@H](O[Si](C)(C)C(C)(C)C)[C@H]1[C@H](C[N+](=O)[O-])c1c[nH]c2ccccc12.c1ccc2[nH]ccc2c1. The van der Waals surface area contributed by atoms with E-state index in [0.717, 1.165) is 39.1 Å². The second-order valence-corrected chi connectivity index (χ2v) is 48.9. The molecule has 0 unspecified atom stereocenters. The predicted molar refractivity (Wildman–Crippen MR) is 410 cm³/mol. The van der Waals surface area contributed by atoms with Gasteiger partial charge in [0.25, 0.3) is 0 Å². The Bertz CT molecular complexity index is 3660. The van der Waals surface area contributed by atoms with Crippen LogP contribution in [0.1, 0.15) is 167 Å². The van der Waals surface area contributed by atoms with Gasteiger partial charge in [0.2, 0.25) is 19.3 Å². The van der Waals surface area contributed by atoms with Crippen molar-refractivity contribution < 1.29 is 56.6 Å². The fourth-order valence-corrected chi connectivity index (χ4v) is 16.4. The van der Waals surface area contributed by atoms with Crippen LogP contribution in [-0.2, 0) is 27.5 Å². The van der Waals surface area contributed by atoms with E-state index in [-0.39, 0.29) is 56.4 Å². The molecule has 3 N–H and O–H groups in total. The van der Waals surface area contributed by atoms with Crippen molar-refractivity contribution in [1.82, 2.24) is 29.7 Å². The zero-order valence-corrected chi connectivity index (χ0v) is 68.0. The molecule has 27 heteroatoms. The highest BCUT2D eigenvalue weighted by molar-refractivity contribution is 6.75. The average Bonchev–Trinajstić information content (AvgIpc) is 1.62. The molecule has 0 saturated carbocycles. The zero-order valence-electron chi connectivity index (χ0n) is 65.0. The molecule has 0 aliphatic carbocycles. The van der Waals surface area contributed by atoms with Gasteiger partial charge in [0.1, 0.15) is 16.8 Å². The summed E-state index contributed by atoms with van der Waals surface area (Å²) in [4.78, 5) is 87.0. The molecule has 0 spiro atoms. The van der Waals surface area contributed by atoms with Crippen molar-refractivity contribution in [1.29, 1.82) is 0 Å². The second kappa shape index (κ2) is 32.7. The number of benzene rings is 3. The maximum Gasteiger partial charge on any atom is 0.410 e. The molecule has 9 rings (SSSR count). The van der Waals surface area contributed by atoms with Crippen molar-refractivity contribution in [2.24, 2.45) is 0 Å². The molecule has 0 bridgehead atoms. The van der Waals surface area contributed by atoms with Crippen LogP contribution in [0, 0.1) is 30.3 Å². The molecule has 6 aromatic rings. The summed E-state index contributed by atoms with van der Waals surface area (Å²) in [5.74, 6) is -1.09. The van der Waals surface area contributed by atoms with Gasteiger partial charge in [-0.25, -0.2) is 14.4 Å². The number of hydrogen-bond acceptors (Lipinski definition) is 15. The van der Waals surface area contributed by atoms with E-state index in [1.54, 1.807) is 30.6 Å². The van der Waals surface area contributed by atoms with Gasteiger partial charge in [-0.2, -0.15) is 0 Å². The summed E-state index contributed by atoms with van der Waals surface area (Å²) in [7, 11) is -6.47. The molecular formula is C75H117N9O15Si3. The van der Waals surface area contributed by atoms with Gasteiger partial charge in [0.15, 0.2) is 25.0 Å². The van der Waals surface area contributed by atoms with Gasteiger partial charge in [0.05, 0.1) is 53.2 Å². The number of nitrogens with zero attached hydrogens (tertiary/aromatic N) is 6. The van der Waals surface area contributed by atoms with E-state index < -0.39 is 94.9 Å². The molecule has 0 radical (unpaired) electrons. The lowest BCUT2D eigenvalue weighted by molar-refractivity contribution is -0.484. The number of ether oxygens (including phenoxy) is 3. The van der Waals surface area contributed by atoms with Crippen molar-refractivity contribution in [3.63, 3.8) is 0 Å². The summed E-state index contributed by atoms with van der Waals surface area (Å²) in [6.07, 6.45) is 7.57. The van der Waals surface area contributed by atoms with Crippen LogP contribution in [0.25, 0.3) is 32.7 Å². The molecule has 3 aliphatic rings. The smallest absolute Gasteiger partial charge is 0.410 e. The van der Waals surface area contributed by atoms with Crippen molar-refractivity contribution in [2.75, 3.05) is 32.7 Å². The molecule has 3 fully saturated rings. The third-order valence-corrected chi connectivity index (χ3v) is 33.8. The van der Waals surface area contributed by atoms with E-state index in [4.69, 9.17) is 27.5 Å². The molecule has 24 nitrogen and oxygen atoms in total. The summed E-state index contributed by atoms with van der Waals surface area (Å²) < 4.78 is 37.0. The Morgan fingerprint density at radius 1 is 0.480 bits per heavy atom. The lowest BCUT2D eigenvalue weighted by Crippen LogP contribution is -2.52. The Kier molecular flexibility index (Phi) is 26.8. The van der Waals surface area contributed by atoms with Crippen LogP contribution in [0.15, 0.2) is 110 Å². The van der Waals surface area contributed by atoms with Crippen LogP contribution < -0.4 is 0 Å². The molecule has 3 aromatic carbocycles. The number of likely N-dealkylation sites (tertiary alicyclic amines) is 3. The minimum absolute atomic E-state index is 0.0176. The fraction of sp³-hybridized carbons (Fsp3) is 0.613. The molecule has 564 valence electrons. The van der Waals surface area contributed by atoms with Gasteiger partial charge in [-0.1, -0.05) is 117 Å². The molecular weight excluding hydrogens is 1350 g/mol. The Balaban J connectivity index is 0.000000228. The molecule has 102 heavy (non-hydrogen) atoms. The van der Waals surface area contributed by atoms with Crippen molar-refractivity contribution in [3.05, 3.63) is 151 Å². The van der Waals surface area contributed by atoms with E-state index >= 15 is 0 Å². The van der Waals surface area contributed by atoms with Crippen LogP contribution in [0.3, 0.4) is 0 Å². The third kappa shape index (κ3) is 22.3. The van der Waals surface area contributed by atoms with E-state index in [9.17, 15) is 44.7 Å². The van der Waals surface area contributed by atoms with Crippen LogP contribution in [-0.4, -0.2) is 174 Å². The molecule has 6 heterocycles. The summed E-state index contributed by atoms with van der Waals surface area (Å²) in [5.41, 5.74) is 2.74. The van der Waals surface area contributed by atoms with Crippen molar-refractivity contribution >= 4 is 75.9 Å². The Labute approximate surface area is 606 Å². The first kappa shape index (κ1) is 83.5. The summed E-state index contributed by atoms with van der Waals surface area (Å²) in [6.45, 7) is 49.5. The van der Waals surface area contributed by atoms with Crippen LogP contribution in [0.4, 0.5) is 14.4 Å². The maximum atomic E-state index is 13.3. The fourth-order valence-electron chi connectivity index (χ4n) is 12.3. The first-order chi connectivity index (χ1) is 46.8. The lowest BCUT2D eigenvalue weighted by Gasteiger charge is -2.41. The standard InChI is InChI=1S/2C25H39N3O5Si.C17H32N2O5Si.C8H7N/c2*1-24(2,3)32-23(29)27-14-13-21(33-34(7,8)25(4,5)6)22(27)19(16-28(30)31)18-15-26-20-12-10-9-11-17(18)20;1-16(2,3)23-15(20)18-11-10-14(13(18)9-12-19(21)22)24-25(7,8)17(4,5)6;1-2-4-8-7(3-1)5-6-9-8/h2*9-12,15,19,21-22,26H,13-14,16H2,1-8H3;9,12-14H,10-11H2,1-8H3;1-6,9H/b;;12-9+;/t19-,21+,22-;19-,21-,22+;13-,14+;/m101./s1. The van der Waals surface area contributed by atoms with Gasteiger partial charge < -0.3 is 52.2 Å². The van der Waals surface area contributed by atoms with E-state index in [2.05, 4.69) is 135 Å². The van der Waals surface area contributed by atoms with Gasteiger partial charge in [0, 0.05) is 81.5 Å². The van der Waals surface area contributed by atoms with Gasteiger partial charge in [-0.3, -0.25) is 35.2 Å². The van der Waals surface area contributed by atoms with Crippen LogP contribution in [0.2, 0.25) is 54.4 Å². The highest BCUT2D eigenvalue weighted by Gasteiger charge is 2.53. The van der Waals surface area contributed by atoms with E-state index in [0.29, 0.717) is 38.9 Å². The molecule has 3 aromatic heterocycles. The minimum atomic E-state index is -2.20. The monoisotopic (exact) mass is 1470 g/mol. The Hall–Kier alpha value is -7.44. The number of aromatic amines is 3. The predicted octanol–water partition coefficient (Wildman–Crippen LogP) is 18.2. The largest absolute Gasteiger partial charge is 0.444 e. The Morgan fingerprint density at radius 3 is 1.17 bits per heavy atom. The highest BCUT2D eigenvalue weighted by Crippen LogP contribution is 2.46. The molecule has 8 atom stereocenters. The number of rotatable bonds is 16. The average molecular weight is 1470 g/mol. The zero-order chi connectivity index (χ0) is 76.7.